The first-order valence-electron chi connectivity index (χ1n) is 6.61. The molecular weight excluding hydrogens is 242 g/mol. The van der Waals surface area contributed by atoms with Gasteiger partial charge in [0.25, 0.3) is 0 Å². The second-order valence-electron chi connectivity index (χ2n) is 5.44. The van der Waals surface area contributed by atoms with Gasteiger partial charge in [0.15, 0.2) is 0 Å². The summed E-state index contributed by atoms with van der Waals surface area (Å²) in [5.41, 5.74) is 1.55. The topological polar surface area (TPSA) is 49.8 Å². The first-order chi connectivity index (χ1) is 9.03. The number of ether oxygens (including phenoxy) is 1. The number of aliphatic carboxylic acids is 1. The van der Waals surface area contributed by atoms with E-state index in [1.54, 1.807) is 0 Å². The van der Waals surface area contributed by atoms with Crippen molar-refractivity contribution in [1.82, 2.24) is 0 Å². The molecule has 19 heavy (non-hydrogen) atoms. The van der Waals surface area contributed by atoms with Crippen molar-refractivity contribution in [3.63, 3.8) is 0 Å². The molecule has 4 heteroatoms. The average Bonchev–Trinajstić information content (AvgIpc) is 2.40. The molecule has 0 aliphatic carbocycles. The summed E-state index contributed by atoms with van der Waals surface area (Å²) in [6.45, 7) is 1.09. The zero-order chi connectivity index (χ0) is 13.9. The van der Waals surface area contributed by atoms with Crippen molar-refractivity contribution in [3.05, 3.63) is 29.8 Å². The third-order valence-electron chi connectivity index (χ3n) is 3.90. The molecule has 0 radical (unpaired) electrons. The van der Waals surface area contributed by atoms with Crippen molar-refractivity contribution in [2.75, 3.05) is 32.2 Å². The van der Waals surface area contributed by atoms with Gasteiger partial charge >= 0.3 is 5.97 Å². The van der Waals surface area contributed by atoms with Crippen molar-refractivity contribution >= 4 is 11.7 Å². The Morgan fingerprint density at radius 3 is 2.32 bits per heavy atom. The third kappa shape index (κ3) is 3.07. The Morgan fingerprint density at radius 2 is 1.84 bits per heavy atom. The molecule has 1 saturated heterocycles. The van der Waals surface area contributed by atoms with Crippen LogP contribution >= 0.6 is 0 Å². The molecule has 1 aromatic rings. The molecule has 0 saturated carbocycles. The lowest BCUT2D eigenvalue weighted by molar-refractivity contribution is -0.154. The zero-order valence-corrected chi connectivity index (χ0v) is 11.6. The summed E-state index contributed by atoms with van der Waals surface area (Å²) < 4.78 is 5.29. The average molecular weight is 263 g/mol. The molecule has 2 rings (SSSR count). The number of hydrogen-bond acceptors (Lipinski definition) is 3. The Bertz CT molecular complexity index is 433. The molecule has 0 amide bonds. The van der Waals surface area contributed by atoms with E-state index in [2.05, 4.69) is 0 Å². The van der Waals surface area contributed by atoms with E-state index < -0.39 is 11.4 Å². The van der Waals surface area contributed by atoms with Crippen molar-refractivity contribution in [3.8, 4) is 0 Å². The second-order valence-corrected chi connectivity index (χ2v) is 5.44. The van der Waals surface area contributed by atoms with Crippen LogP contribution in [-0.2, 0) is 16.0 Å². The van der Waals surface area contributed by atoms with Crippen LogP contribution in [0.25, 0.3) is 0 Å². The Morgan fingerprint density at radius 1 is 1.26 bits per heavy atom. The van der Waals surface area contributed by atoms with Gasteiger partial charge in [-0.1, -0.05) is 12.1 Å². The predicted octanol–water partition coefficient (Wildman–Crippen LogP) is 2.18. The summed E-state index contributed by atoms with van der Waals surface area (Å²) in [5.74, 6) is -0.701. The van der Waals surface area contributed by atoms with Gasteiger partial charge in [0.05, 0.1) is 5.41 Å². The first kappa shape index (κ1) is 13.9. The van der Waals surface area contributed by atoms with Crippen LogP contribution in [0, 0.1) is 5.41 Å². The van der Waals surface area contributed by atoms with Gasteiger partial charge in [0.2, 0.25) is 0 Å². The van der Waals surface area contributed by atoms with Crippen LogP contribution in [0.2, 0.25) is 0 Å². The van der Waals surface area contributed by atoms with Crippen molar-refractivity contribution in [1.29, 1.82) is 0 Å². The fraction of sp³-hybridized carbons (Fsp3) is 0.533. The van der Waals surface area contributed by atoms with E-state index in [-0.39, 0.29) is 0 Å². The molecule has 1 heterocycles. The zero-order valence-electron chi connectivity index (χ0n) is 11.6. The number of benzene rings is 1. The highest BCUT2D eigenvalue weighted by atomic mass is 16.5. The smallest absolute Gasteiger partial charge is 0.310 e. The van der Waals surface area contributed by atoms with E-state index in [0.717, 1.165) is 11.3 Å². The van der Waals surface area contributed by atoms with Gasteiger partial charge in [-0.2, -0.15) is 0 Å². The molecule has 0 atom stereocenters. The highest BCUT2D eigenvalue weighted by Crippen LogP contribution is 2.35. The molecule has 1 aromatic carbocycles. The molecule has 0 aromatic heterocycles. The Kier molecular flexibility index (Phi) is 4.10. The Labute approximate surface area is 114 Å². The van der Waals surface area contributed by atoms with Crippen molar-refractivity contribution in [2.24, 2.45) is 5.41 Å². The third-order valence-corrected chi connectivity index (χ3v) is 3.90. The maximum atomic E-state index is 11.6. The van der Waals surface area contributed by atoms with Crippen LogP contribution in [-0.4, -0.2) is 38.4 Å². The van der Waals surface area contributed by atoms with E-state index in [9.17, 15) is 9.90 Å². The van der Waals surface area contributed by atoms with Gasteiger partial charge in [0, 0.05) is 33.0 Å². The number of carboxylic acid groups (broad SMARTS) is 1. The van der Waals surface area contributed by atoms with E-state index in [4.69, 9.17) is 4.74 Å². The minimum Gasteiger partial charge on any atom is -0.481 e. The molecule has 1 aliphatic rings. The van der Waals surface area contributed by atoms with E-state index in [0.29, 0.717) is 32.5 Å². The summed E-state index contributed by atoms with van der Waals surface area (Å²) in [4.78, 5) is 13.6. The maximum absolute atomic E-state index is 11.6. The molecule has 4 nitrogen and oxygen atoms in total. The van der Waals surface area contributed by atoms with Crippen LogP contribution in [0.4, 0.5) is 5.69 Å². The monoisotopic (exact) mass is 263 g/mol. The lowest BCUT2D eigenvalue weighted by Gasteiger charge is -2.33. The summed E-state index contributed by atoms with van der Waals surface area (Å²) in [6.07, 6.45) is 1.77. The summed E-state index contributed by atoms with van der Waals surface area (Å²) in [7, 11) is 3.98. The molecule has 1 N–H and O–H groups in total. The van der Waals surface area contributed by atoms with Gasteiger partial charge < -0.3 is 14.7 Å². The standard InChI is InChI=1S/C15H21NO3/c1-16(2)13-5-3-12(4-6-13)11-15(14(17)18)7-9-19-10-8-15/h3-6H,7-11H2,1-2H3,(H,17,18). The van der Waals surface area contributed by atoms with Crippen molar-refractivity contribution < 1.29 is 14.6 Å². The molecule has 1 aliphatic heterocycles. The predicted molar refractivity (Wildman–Crippen MR) is 74.6 cm³/mol. The normalized spacial score (nSPS) is 18.0. The number of rotatable bonds is 4. The number of carboxylic acids is 1. The van der Waals surface area contributed by atoms with Gasteiger partial charge in [-0.3, -0.25) is 4.79 Å². The Hall–Kier alpha value is -1.55. The minimum absolute atomic E-state index is 0.544. The number of carbonyl (C=O) groups is 1. The minimum atomic E-state index is -0.701. The molecule has 0 bridgehead atoms. The van der Waals surface area contributed by atoms with Gasteiger partial charge in [-0.05, 0) is 37.0 Å². The Balaban J connectivity index is 2.15. The molecule has 1 fully saturated rings. The highest BCUT2D eigenvalue weighted by molar-refractivity contribution is 5.75. The van der Waals surface area contributed by atoms with Crippen LogP contribution in [0.5, 0.6) is 0 Å². The van der Waals surface area contributed by atoms with Crippen LogP contribution in [0.3, 0.4) is 0 Å². The molecular formula is C15H21NO3. The quantitative estimate of drug-likeness (QED) is 0.904. The van der Waals surface area contributed by atoms with Crippen LogP contribution < -0.4 is 4.90 Å². The largest absolute Gasteiger partial charge is 0.481 e. The summed E-state index contributed by atoms with van der Waals surface area (Å²) >= 11 is 0. The fourth-order valence-corrected chi connectivity index (χ4v) is 2.53. The molecule has 0 spiro atoms. The van der Waals surface area contributed by atoms with Crippen molar-refractivity contribution in [2.45, 2.75) is 19.3 Å². The second kappa shape index (κ2) is 5.61. The highest BCUT2D eigenvalue weighted by Gasteiger charge is 2.40. The van der Waals surface area contributed by atoms with E-state index >= 15 is 0 Å². The van der Waals surface area contributed by atoms with Crippen LogP contribution in [0.15, 0.2) is 24.3 Å². The number of anilines is 1. The van der Waals surface area contributed by atoms with E-state index in [1.165, 1.54) is 0 Å². The molecule has 0 unspecified atom stereocenters. The lowest BCUT2D eigenvalue weighted by atomic mass is 9.75. The van der Waals surface area contributed by atoms with Gasteiger partial charge in [-0.15, -0.1) is 0 Å². The van der Waals surface area contributed by atoms with E-state index in [1.807, 2.05) is 43.3 Å². The molecule has 104 valence electrons. The fourth-order valence-electron chi connectivity index (χ4n) is 2.53. The first-order valence-corrected chi connectivity index (χ1v) is 6.61. The number of nitrogens with zero attached hydrogens (tertiary/aromatic N) is 1. The maximum Gasteiger partial charge on any atom is 0.310 e. The van der Waals surface area contributed by atoms with Gasteiger partial charge in [-0.25, -0.2) is 0 Å². The van der Waals surface area contributed by atoms with Crippen LogP contribution in [0.1, 0.15) is 18.4 Å². The van der Waals surface area contributed by atoms with Gasteiger partial charge in [0.1, 0.15) is 0 Å². The number of hydrogen-bond donors (Lipinski definition) is 1. The summed E-state index contributed by atoms with van der Waals surface area (Å²) in [6, 6.07) is 8.11. The summed E-state index contributed by atoms with van der Waals surface area (Å²) in [5, 5.41) is 9.53. The SMILES string of the molecule is CN(C)c1ccc(CC2(C(=O)O)CCOCC2)cc1. The lowest BCUT2D eigenvalue weighted by Crippen LogP contribution is -2.39.